The summed E-state index contributed by atoms with van der Waals surface area (Å²) in [7, 11) is 2.11. The van der Waals surface area contributed by atoms with Crippen molar-refractivity contribution in [2.75, 3.05) is 7.05 Å². The third-order valence-electron chi connectivity index (χ3n) is 6.18. The minimum absolute atomic E-state index is 0.176. The fraction of sp³-hybridized carbons (Fsp3) is 0.481. The van der Waals surface area contributed by atoms with Crippen molar-refractivity contribution in [3.63, 3.8) is 0 Å². The molecule has 0 saturated heterocycles. The highest BCUT2D eigenvalue weighted by Crippen LogP contribution is 2.40. The van der Waals surface area contributed by atoms with Gasteiger partial charge in [-0.1, -0.05) is 31.5 Å². The molecule has 0 aromatic heterocycles. The fourth-order valence-corrected chi connectivity index (χ4v) is 4.84. The van der Waals surface area contributed by atoms with Crippen molar-refractivity contribution in [1.82, 2.24) is 15.6 Å². The summed E-state index contributed by atoms with van der Waals surface area (Å²) in [6, 6.07) is 14.1. The molecule has 31 heavy (non-hydrogen) atoms. The number of benzene rings is 2. The van der Waals surface area contributed by atoms with Crippen LogP contribution in [0.3, 0.4) is 0 Å². The van der Waals surface area contributed by atoms with Crippen LogP contribution in [-0.2, 0) is 19.3 Å². The van der Waals surface area contributed by atoms with Gasteiger partial charge in [-0.05, 0) is 88.3 Å². The molecular formula is C27H37N3O. The SMILES string of the molecule is CCCCc1ccc2c(c1)CCc1cc(OC(C)C)ccc1C1=C2N(C(C)C)N(C)N1. The second kappa shape index (κ2) is 8.96. The van der Waals surface area contributed by atoms with Crippen molar-refractivity contribution < 1.29 is 4.74 Å². The van der Waals surface area contributed by atoms with Crippen LogP contribution < -0.4 is 10.2 Å². The number of rotatable bonds is 6. The van der Waals surface area contributed by atoms with E-state index in [9.17, 15) is 0 Å². The van der Waals surface area contributed by atoms with Gasteiger partial charge in [0.1, 0.15) is 5.75 Å². The highest BCUT2D eigenvalue weighted by atomic mass is 16.5. The Bertz CT molecular complexity index is 976. The quantitative estimate of drug-likeness (QED) is 0.639. The summed E-state index contributed by atoms with van der Waals surface area (Å²) in [4.78, 5) is 0. The maximum atomic E-state index is 6.02. The summed E-state index contributed by atoms with van der Waals surface area (Å²) < 4.78 is 6.02. The van der Waals surface area contributed by atoms with E-state index >= 15 is 0 Å². The van der Waals surface area contributed by atoms with Crippen molar-refractivity contribution in [1.29, 1.82) is 0 Å². The Labute approximate surface area is 187 Å². The topological polar surface area (TPSA) is 27.7 Å². The maximum Gasteiger partial charge on any atom is 0.120 e. The van der Waals surface area contributed by atoms with Crippen molar-refractivity contribution in [2.45, 2.75) is 78.9 Å². The second-order valence-corrected chi connectivity index (χ2v) is 9.38. The van der Waals surface area contributed by atoms with Crippen LogP contribution in [0.4, 0.5) is 0 Å². The van der Waals surface area contributed by atoms with Crippen molar-refractivity contribution >= 4 is 11.4 Å². The summed E-state index contributed by atoms with van der Waals surface area (Å²) in [6.45, 7) is 10.9. The van der Waals surface area contributed by atoms with Gasteiger partial charge in [-0.25, -0.2) is 0 Å². The second-order valence-electron chi connectivity index (χ2n) is 9.38. The molecule has 4 heteroatoms. The summed E-state index contributed by atoms with van der Waals surface area (Å²) in [6.07, 6.45) is 5.86. The molecule has 2 aromatic rings. The van der Waals surface area contributed by atoms with E-state index in [0.29, 0.717) is 6.04 Å². The molecule has 0 radical (unpaired) electrons. The van der Waals surface area contributed by atoms with Crippen molar-refractivity contribution in [3.05, 3.63) is 64.2 Å². The normalized spacial score (nSPS) is 16.1. The van der Waals surface area contributed by atoms with E-state index in [0.717, 1.165) is 25.0 Å². The molecule has 0 saturated carbocycles. The summed E-state index contributed by atoms with van der Waals surface area (Å²) in [5.41, 5.74) is 13.0. The van der Waals surface area contributed by atoms with Gasteiger partial charge >= 0.3 is 0 Å². The Morgan fingerprint density at radius 3 is 2.35 bits per heavy atom. The molecule has 1 N–H and O–H groups in total. The van der Waals surface area contributed by atoms with Crippen LogP contribution in [0.15, 0.2) is 36.4 Å². The summed E-state index contributed by atoms with van der Waals surface area (Å²) in [5.74, 6) is 0.959. The number of fused-ring (bicyclic) bond motifs is 4. The maximum absolute atomic E-state index is 6.02. The lowest BCUT2D eigenvalue weighted by Gasteiger charge is -2.32. The average Bonchev–Trinajstić information content (AvgIpc) is 3.06. The van der Waals surface area contributed by atoms with Gasteiger partial charge in [0, 0.05) is 24.2 Å². The lowest BCUT2D eigenvalue weighted by Crippen LogP contribution is -2.43. The number of nitrogens with zero attached hydrogens (tertiary/aromatic N) is 2. The molecular weight excluding hydrogens is 382 g/mol. The molecule has 0 spiro atoms. The fourth-order valence-electron chi connectivity index (χ4n) is 4.84. The average molecular weight is 420 g/mol. The standard InChI is InChI=1S/C27H37N3O/c1-7-8-9-20-10-14-25-21(16-20)11-12-22-17-23(31-19(4)5)13-15-24(22)26-27(25)30(18(2)3)29(6)28-26/h10,13-19,28H,7-9,11-12H2,1-6H3. The third kappa shape index (κ3) is 4.31. The smallest absolute Gasteiger partial charge is 0.120 e. The molecule has 1 aliphatic carbocycles. The molecule has 0 fully saturated rings. The van der Waals surface area contributed by atoms with Gasteiger partial charge in [-0.2, -0.15) is 0 Å². The van der Waals surface area contributed by atoms with Gasteiger partial charge in [0.2, 0.25) is 0 Å². The van der Waals surface area contributed by atoms with Crippen LogP contribution >= 0.6 is 0 Å². The van der Waals surface area contributed by atoms with E-state index in [1.165, 1.54) is 52.1 Å². The molecule has 166 valence electrons. The largest absolute Gasteiger partial charge is 0.491 e. The zero-order chi connectivity index (χ0) is 22.1. The van der Waals surface area contributed by atoms with Crippen LogP contribution in [0.25, 0.3) is 11.4 Å². The molecule has 2 aliphatic rings. The Morgan fingerprint density at radius 1 is 0.968 bits per heavy atom. The molecule has 0 amide bonds. The first-order valence-electron chi connectivity index (χ1n) is 11.8. The van der Waals surface area contributed by atoms with Crippen LogP contribution in [0.1, 0.15) is 75.3 Å². The Kier molecular flexibility index (Phi) is 6.29. The van der Waals surface area contributed by atoms with Crippen LogP contribution in [0.5, 0.6) is 5.75 Å². The minimum Gasteiger partial charge on any atom is -0.491 e. The lowest BCUT2D eigenvalue weighted by atomic mass is 9.88. The molecule has 1 aliphatic heterocycles. The van der Waals surface area contributed by atoms with E-state index in [-0.39, 0.29) is 6.10 Å². The Hall–Kier alpha value is -2.46. The minimum atomic E-state index is 0.176. The number of unbranched alkanes of at least 4 members (excludes halogenated alkanes) is 1. The van der Waals surface area contributed by atoms with E-state index in [1.54, 1.807) is 0 Å². The molecule has 4 nitrogen and oxygen atoms in total. The molecule has 0 bridgehead atoms. The van der Waals surface area contributed by atoms with Gasteiger partial charge in [0.15, 0.2) is 0 Å². The van der Waals surface area contributed by atoms with Crippen molar-refractivity contribution in [3.8, 4) is 5.75 Å². The van der Waals surface area contributed by atoms with E-state index in [4.69, 9.17) is 4.74 Å². The summed E-state index contributed by atoms with van der Waals surface area (Å²) >= 11 is 0. The van der Waals surface area contributed by atoms with Gasteiger partial charge in [-0.15, -0.1) is 5.12 Å². The number of hydrazine groups is 2. The number of nitrogens with one attached hydrogen (secondary N) is 1. The molecule has 2 aromatic carbocycles. The predicted molar refractivity (Wildman–Crippen MR) is 129 cm³/mol. The van der Waals surface area contributed by atoms with Gasteiger partial charge in [-0.3, -0.25) is 10.4 Å². The number of hydrogen-bond acceptors (Lipinski definition) is 4. The van der Waals surface area contributed by atoms with E-state index in [2.05, 4.69) is 93.6 Å². The first-order valence-corrected chi connectivity index (χ1v) is 11.8. The lowest BCUT2D eigenvalue weighted by molar-refractivity contribution is 0.0222. The van der Waals surface area contributed by atoms with Gasteiger partial charge in [0.25, 0.3) is 0 Å². The highest BCUT2D eigenvalue weighted by Gasteiger charge is 2.34. The van der Waals surface area contributed by atoms with E-state index < -0.39 is 0 Å². The van der Waals surface area contributed by atoms with Gasteiger partial charge in [0.05, 0.1) is 17.5 Å². The van der Waals surface area contributed by atoms with Gasteiger partial charge < -0.3 is 4.74 Å². The first-order chi connectivity index (χ1) is 14.9. The number of aryl methyl sites for hydroxylation is 3. The Morgan fingerprint density at radius 2 is 1.68 bits per heavy atom. The van der Waals surface area contributed by atoms with E-state index in [1.807, 2.05) is 0 Å². The monoisotopic (exact) mass is 419 g/mol. The molecule has 0 unspecified atom stereocenters. The van der Waals surface area contributed by atoms with Crippen LogP contribution in [-0.4, -0.2) is 29.3 Å². The van der Waals surface area contributed by atoms with Crippen molar-refractivity contribution in [2.24, 2.45) is 0 Å². The third-order valence-corrected chi connectivity index (χ3v) is 6.18. The van der Waals surface area contributed by atoms with Crippen LogP contribution in [0.2, 0.25) is 0 Å². The number of ether oxygens (including phenoxy) is 1. The van der Waals surface area contributed by atoms with Crippen LogP contribution in [0, 0.1) is 0 Å². The molecule has 1 heterocycles. The zero-order valence-corrected chi connectivity index (χ0v) is 20.0. The highest BCUT2D eigenvalue weighted by molar-refractivity contribution is 5.92. The Balaban J connectivity index is 1.86. The molecule has 0 atom stereocenters. The molecule has 4 rings (SSSR count). The zero-order valence-electron chi connectivity index (χ0n) is 20.0. The predicted octanol–water partition coefficient (Wildman–Crippen LogP) is 5.82. The first kappa shape index (κ1) is 21.8. The summed E-state index contributed by atoms with van der Waals surface area (Å²) in [5, 5.41) is 4.52. The number of hydrogen-bond donors (Lipinski definition) is 1.